The summed E-state index contributed by atoms with van der Waals surface area (Å²) in [6.45, 7) is 5.93. The summed E-state index contributed by atoms with van der Waals surface area (Å²) < 4.78 is 8.95. The number of carbonyl (C=O) groups is 2. The van der Waals surface area contributed by atoms with E-state index in [1.165, 1.54) is 0 Å². The maximum absolute atomic E-state index is 12.5. The molecule has 142 valence electrons. The molecule has 0 amide bonds. The maximum Gasteiger partial charge on any atom is 0.340 e. The van der Waals surface area contributed by atoms with Crippen molar-refractivity contribution in [1.29, 1.82) is 0 Å². The van der Waals surface area contributed by atoms with Crippen molar-refractivity contribution in [2.75, 3.05) is 6.61 Å². The molecule has 0 saturated heterocycles. The normalized spacial score (nSPS) is 11.2. The molecule has 6 heteroatoms. The van der Waals surface area contributed by atoms with Crippen LogP contribution in [-0.4, -0.2) is 32.5 Å². The van der Waals surface area contributed by atoms with Crippen LogP contribution in [0, 0.1) is 13.8 Å². The Balaban J connectivity index is 2.05. The number of nitrogens with zero attached hydrogens (tertiary/aromatic N) is 2. The van der Waals surface area contributed by atoms with Crippen LogP contribution in [0.2, 0.25) is 0 Å². The molecule has 1 N–H and O–H groups in total. The zero-order chi connectivity index (χ0) is 20.0. The number of aryl methyl sites for hydroxylation is 2. The van der Waals surface area contributed by atoms with Gasteiger partial charge in [-0.2, -0.15) is 0 Å². The Hall–Kier alpha value is -3.54. The number of ether oxygens (including phenoxy) is 1. The molecule has 4 aromatic heterocycles. The summed E-state index contributed by atoms with van der Waals surface area (Å²) in [4.78, 5) is 24.3. The molecule has 0 fully saturated rings. The Bertz CT molecular complexity index is 1250. The molecule has 0 aromatic carbocycles. The lowest BCUT2D eigenvalue weighted by molar-refractivity contribution is 0.0528. The zero-order valence-electron chi connectivity index (χ0n) is 15.9. The smallest absolute Gasteiger partial charge is 0.340 e. The van der Waals surface area contributed by atoms with Gasteiger partial charge in [0.15, 0.2) is 0 Å². The highest BCUT2D eigenvalue weighted by Crippen LogP contribution is 2.31. The first-order valence-electron chi connectivity index (χ1n) is 9.05. The first-order valence-corrected chi connectivity index (χ1v) is 9.05. The Morgan fingerprint density at radius 2 is 1.39 bits per heavy atom. The van der Waals surface area contributed by atoms with E-state index in [0.717, 1.165) is 22.3 Å². The second-order valence-electron chi connectivity index (χ2n) is 6.83. The van der Waals surface area contributed by atoms with Gasteiger partial charge in [-0.1, -0.05) is 0 Å². The molecule has 28 heavy (non-hydrogen) atoms. The van der Waals surface area contributed by atoms with E-state index in [4.69, 9.17) is 4.74 Å². The number of rotatable bonds is 4. The average Bonchev–Trinajstić information content (AvgIpc) is 3.19. The summed E-state index contributed by atoms with van der Waals surface area (Å²) in [5.41, 5.74) is 5.44. The molecule has 0 aliphatic carbocycles. The second-order valence-corrected chi connectivity index (χ2v) is 6.83. The van der Waals surface area contributed by atoms with E-state index in [-0.39, 0.29) is 12.2 Å². The Morgan fingerprint density at radius 1 is 0.893 bits per heavy atom. The number of hydrogen-bond acceptors (Lipinski definition) is 3. The fraction of sp³-hybridized carbons (Fsp3) is 0.182. The number of carboxylic acid groups (broad SMARTS) is 1. The van der Waals surface area contributed by atoms with E-state index in [9.17, 15) is 14.7 Å². The van der Waals surface area contributed by atoms with Crippen molar-refractivity contribution in [3.05, 3.63) is 71.0 Å². The molecule has 0 saturated carbocycles. The minimum absolute atomic E-state index is 0.221. The predicted molar refractivity (Wildman–Crippen MR) is 106 cm³/mol. The van der Waals surface area contributed by atoms with Gasteiger partial charge in [0.25, 0.3) is 0 Å². The van der Waals surface area contributed by atoms with Crippen LogP contribution in [0.4, 0.5) is 0 Å². The maximum atomic E-state index is 12.5. The van der Waals surface area contributed by atoms with E-state index in [1.54, 1.807) is 19.1 Å². The fourth-order valence-corrected chi connectivity index (χ4v) is 3.55. The quantitative estimate of drug-likeness (QED) is 0.538. The number of hydrogen-bond donors (Lipinski definition) is 1. The van der Waals surface area contributed by atoms with Crippen LogP contribution in [0.1, 0.15) is 38.8 Å². The SMILES string of the molecule is CCOC(=O)c1cc(-c2cc(C(=O)O)c3cc(C)ccn23)n2ccc(C)cc12. The molecular formula is C22H20N2O4. The van der Waals surface area contributed by atoms with Crippen molar-refractivity contribution in [1.82, 2.24) is 8.80 Å². The summed E-state index contributed by atoms with van der Waals surface area (Å²) >= 11 is 0. The summed E-state index contributed by atoms with van der Waals surface area (Å²) in [7, 11) is 0. The standard InChI is InChI=1S/C22H20N2O4/c1-4-28-22(27)16-12-20(24-8-6-14(3)10-18(16)24)19-11-15(21(25)26)17-9-13(2)5-7-23(17)19/h5-12H,4H2,1-3H3,(H,25,26). The van der Waals surface area contributed by atoms with E-state index < -0.39 is 11.9 Å². The fourth-order valence-electron chi connectivity index (χ4n) is 3.55. The summed E-state index contributed by atoms with van der Waals surface area (Å²) in [6.07, 6.45) is 3.74. The monoisotopic (exact) mass is 376 g/mol. The molecule has 0 aliphatic heterocycles. The first-order chi connectivity index (χ1) is 13.4. The van der Waals surface area contributed by atoms with Gasteiger partial charge in [0.2, 0.25) is 0 Å². The van der Waals surface area contributed by atoms with Gasteiger partial charge in [0.05, 0.1) is 40.2 Å². The van der Waals surface area contributed by atoms with Crippen molar-refractivity contribution in [2.45, 2.75) is 20.8 Å². The van der Waals surface area contributed by atoms with Gasteiger partial charge in [-0.25, -0.2) is 9.59 Å². The van der Waals surface area contributed by atoms with Crippen LogP contribution >= 0.6 is 0 Å². The van der Waals surface area contributed by atoms with Gasteiger partial charge in [-0.05, 0) is 68.3 Å². The predicted octanol–water partition coefficient (Wildman–Crippen LogP) is 4.35. The number of aromatic carboxylic acids is 1. The van der Waals surface area contributed by atoms with Crippen molar-refractivity contribution < 1.29 is 19.4 Å². The average molecular weight is 376 g/mol. The van der Waals surface area contributed by atoms with Gasteiger partial charge in [0.1, 0.15) is 0 Å². The van der Waals surface area contributed by atoms with Crippen LogP contribution in [0.15, 0.2) is 48.8 Å². The van der Waals surface area contributed by atoms with Gasteiger partial charge < -0.3 is 18.6 Å². The van der Waals surface area contributed by atoms with E-state index >= 15 is 0 Å². The molecular weight excluding hydrogens is 356 g/mol. The van der Waals surface area contributed by atoms with Gasteiger partial charge >= 0.3 is 11.9 Å². The highest BCUT2D eigenvalue weighted by atomic mass is 16.5. The third kappa shape index (κ3) is 2.74. The minimum Gasteiger partial charge on any atom is -0.478 e. The van der Waals surface area contributed by atoms with Crippen LogP contribution in [0.5, 0.6) is 0 Å². The Morgan fingerprint density at radius 3 is 1.89 bits per heavy atom. The molecule has 4 rings (SSSR count). The number of esters is 1. The number of carboxylic acids is 1. The lowest BCUT2D eigenvalue weighted by atomic mass is 10.2. The van der Waals surface area contributed by atoms with E-state index in [2.05, 4.69) is 0 Å². The summed E-state index contributed by atoms with van der Waals surface area (Å²) in [6, 6.07) is 11.1. The summed E-state index contributed by atoms with van der Waals surface area (Å²) in [5, 5.41) is 9.65. The number of fused-ring (bicyclic) bond motifs is 2. The molecule has 0 aliphatic rings. The largest absolute Gasteiger partial charge is 0.478 e. The summed E-state index contributed by atoms with van der Waals surface area (Å²) in [5.74, 6) is -1.39. The van der Waals surface area contributed by atoms with E-state index in [0.29, 0.717) is 16.8 Å². The molecule has 4 heterocycles. The third-order valence-electron chi connectivity index (χ3n) is 4.84. The van der Waals surface area contributed by atoms with Gasteiger partial charge in [0, 0.05) is 12.4 Å². The van der Waals surface area contributed by atoms with Crippen molar-refractivity contribution in [3.63, 3.8) is 0 Å². The number of carbonyl (C=O) groups excluding carboxylic acids is 1. The van der Waals surface area contributed by atoms with Crippen molar-refractivity contribution in [3.8, 4) is 11.4 Å². The molecule has 6 nitrogen and oxygen atoms in total. The highest BCUT2D eigenvalue weighted by molar-refractivity contribution is 6.01. The lowest BCUT2D eigenvalue weighted by Gasteiger charge is -2.06. The Labute approximate surface area is 161 Å². The second kappa shape index (κ2) is 6.56. The number of pyridine rings is 2. The van der Waals surface area contributed by atoms with Crippen LogP contribution in [-0.2, 0) is 4.74 Å². The Kier molecular flexibility index (Phi) is 4.19. The highest BCUT2D eigenvalue weighted by Gasteiger charge is 2.22. The molecule has 0 bridgehead atoms. The lowest BCUT2D eigenvalue weighted by Crippen LogP contribution is -2.04. The van der Waals surface area contributed by atoms with Gasteiger partial charge in [-0.15, -0.1) is 0 Å². The van der Waals surface area contributed by atoms with Crippen LogP contribution in [0.3, 0.4) is 0 Å². The first kappa shape index (κ1) is 17.9. The minimum atomic E-state index is -0.989. The van der Waals surface area contributed by atoms with Crippen molar-refractivity contribution in [2.24, 2.45) is 0 Å². The van der Waals surface area contributed by atoms with Gasteiger partial charge in [-0.3, -0.25) is 0 Å². The molecule has 0 spiro atoms. The van der Waals surface area contributed by atoms with Crippen molar-refractivity contribution >= 4 is 23.0 Å². The number of aromatic nitrogens is 2. The molecule has 4 aromatic rings. The molecule has 0 atom stereocenters. The van der Waals surface area contributed by atoms with Crippen LogP contribution in [0.25, 0.3) is 22.4 Å². The zero-order valence-corrected chi connectivity index (χ0v) is 15.9. The van der Waals surface area contributed by atoms with E-state index in [1.807, 2.05) is 59.3 Å². The molecule has 0 unspecified atom stereocenters. The molecule has 0 radical (unpaired) electrons. The van der Waals surface area contributed by atoms with Crippen LogP contribution < -0.4 is 0 Å². The topological polar surface area (TPSA) is 72.4 Å². The third-order valence-corrected chi connectivity index (χ3v) is 4.84.